The van der Waals surface area contributed by atoms with Crippen LogP contribution < -0.4 is 11.2 Å². The van der Waals surface area contributed by atoms with Crippen LogP contribution in [0.15, 0.2) is 46.1 Å². The highest BCUT2D eigenvalue weighted by Gasteiger charge is 2.26. The lowest BCUT2D eigenvalue weighted by molar-refractivity contribution is -0.202. The average Bonchev–Trinajstić information content (AvgIpc) is 2.73. The fourth-order valence-electron chi connectivity index (χ4n) is 2.97. The first kappa shape index (κ1) is 28.5. The van der Waals surface area contributed by atoms with Crippen LogP contribution in [0.25, 0.3) is 0 Å². The summed E-state index contributed by atoms with van der Waals surface area (Å²) in [6.07, 6.45) is 0.0000677. The highest BCUT2D eigenvalue weighted by Crippen LogP contribution is 2.10. The van der Waals surface area contributed by atoms with Crippen LogP contribution in [0.2, 0.25) is 0 Å². The Morgan fingerprint density at radius 1 is 0.917 bits per heavy atom. The minimum absolute atomic E-state index is 0.0271. The molecule has 0 atom stereocenters. The van der Waals surface area contributed by atoms with Crippen molar-refractivity contribution in [3.05, 3.63) is 68.5 Å². The van der Waals surface area contributed by atoms with E-state index in [1.165, 1.54) is 6.92 Å². The minimum atomic E-state index is -1.16. The first-order valence-electron chi connectivity index (χ1n) is 11.3. The molecule has 11 nitrogen and oxygen atoms in total. The fourth-order valence-corrected chi connectivity index (χ4v) is 2.97. The number of aryl methyl sites for hydroxylation is 1. The number of carbonyl (C=O) groups excluding carboxylic acids is 3. The van der Waals surface area contributed by atoms with Gasteiger partial charge in [0, 0.05) is 11.8 Å². The van der Waals surface area contributed by atoms with E-state index in [9.17, 15) is 24.0 Å². The van der Waals surface area contributed by atoms with Crippen LogP contribution in [0, 0.1) is 6.92 Å². The zero-order valence-electron chi connectivity index (χ0n) is 21.7. The second-order valence-corrected chi connectivity index (χ2v) is 10.1. The molecule has 11 heteroatoms. The summed E-state index contributed by atoms with van der Waals surface area (Å²) < 4.78 is 11.7. The van der Waals surface area contributed by atoms with Gasteiger partial charge >= 0.3 is 17.8 Å². The average molecular weight is 504 g/mol. The van der Waals surface area contributed by atoms with Crippen LogP contribution in [0.3, 0.4) is 0 Å². The van der Waals surface area contributed by atoms with Gasteiger partial charge in [-0.05, 0) is 54.0 Å². The molecule has 0 radical (unpaired) electrons. The van der Waals surface area contributed by atoms with Crippen molar-refractivity contribution < 1.29 is 28.7 Å². The second kappa shape index (κ2) is 11.3. The number of nitrogens with zero attached hydrogens (tertiary/aromatic N) is 3. The van der Waals surface area contributed by atoms with E-state index in [0.717, 1.165) is 21.4 Å². The van der Waals surface area contributed by atoms with Gasteiger partial charge in [0.05, 0.1) is 0 Å². The predicted molar refractivity (Wildman–Crippen MR) is 130 cm³/mol. The summed E-state index contributed by atoms with van der Waals surface area (Å²) in [5, 5.41) is 0.797. The van der Waals surface area contributed by atoms with Crippen molar-refractivity contribution in [3.63, 3.8) is 0 Å². The highest BCUT2D eigenvalue weighted by molar-refractivity contribution is 5.81. The van der Waals surface area contributed by atoms with Gasteiger partial charge in [-0.1, -0.05) is 30.3 Å². The van der Waals surface area contributed by atoms with E-state index in [0.29, 0.717) is 4.57 Å². The molecule has 0 saturated heterocycles. The molecular weight excluding hydrogens is 470 g/mol. The third kappa shape index (κ3) is 8.49. The molecule has 196 valence electrons. The van der Waals surface area contributed by atoms with E-state index in [2.05, 4.69) is 0 Å². The van der Waals surface area contributed by atoms with Gasteiger partial charge in [-0.2, -0.15) is 4.57 Å². The van der Waals surface area contributed by atoms with Crippen LogP contribution in [0.1, 0.15) is 52.7 Å². The Hall–Kier alpha value is -3.73. The number of hydrogen-bond donors (Lipinski definition) is 0. The van der Waals surface area contributed by atoms with Crippen LogP contribution in [0.4, 0.5) is 4.79 Å². The van der Waals surface area contributed by atoms with Crippen molar-refractivity contribution in [2.75, 3.05) is 6.54 Å². The molecular formula is C25H33N3O8. The Morgan fingerprint density at radius 2 is 1.50 bits per heavy atom. The van der Waals surface area contributed by atoms with Crippen molar-refractivity contribution in [1.29, 1.82) is 0 Å². The van der Waals surface area contributed by atoms with E-state index in [1.807, 2.05) is 6.07 Å². The van der Waals surface area contributed by atoms with Gasteiger partial charge < -0.3 is 9.47 Å². The Morgan fingerprint density at radius 3 is 2.06 bits per heavy atom. The molecule has 0 saturated carbocycles. The standard InChI is InChI=1S/C25H33N3O8/c1-17-13-26(22(32)28(21(17)31)23(33)36-25(5,6)7)14-19(29)27(15-20(30)35-24(2,3)4)34-16-18-11-9-8-10-12-18/h8-13H,14-16H2,1-7H3. The SMILES string of the molecule is Cc1cn(CC(=O)N(CC(=O)OC(C)(C)C)OCc2ccccc2)c(=O)n(C(=O)OC(C)(C)C)c1=O. The number of benzene rings is 1. The third-order valence-corrected chi connectivity index (χ3v) is 4.41. The summed E-state index contributed by atoms with van der Waals surface area (Å²) in [5.74, 6) is -1.49. The molecule has 0 unspecified atom stereocenters. The maximum atomic E-state index is 13.1. The van der Waals surface area contributed by atoms with Gasteiger partial charge in [-0.15, -0.1) is 0 Å². The largest absolute Gasteiger partial charge is 0.459 e. The Labute approximate surface area is 209 Å². The van der Waals surface area contributed by atoms with Crippen LogP contribution >= 0.6 is 0 Å². The zero-order valence-corrected chi connectivity index (χ0v) is 21.7. The molecule has 0 aliphatic carbocycles. The number of hydroxylamine groups is 2. The van der Waals surface area contributed by atoms with Crippen molar-refractivity contribution >= 4 is 18.0 Å². The first-order chi connectivity index (χ1) is 16.6. The number of hydrogen-bond acceptors (Lipinski definition) is 8. The van der Waals surface area contributed by atoms with Gasteiger partial charge in [0.15, 0.2) is 0 Å². The smallest absolute Gasteiger partial charge is 0.425 e. The Bertz CT molecular complexity index is 1220. The number of amides is 1. The molecule has 36 heavy (non-hydrogen) atoms. The monoisotopic (exact) mass is 503 g/mol. The van der Waals surface area contributed by atoms with Crippen molar-refractivity contribution in [1.82, 2.24) is 14.2 Å². The lowest BCUT2D eigenvalue weighted by Gasteiger charge is -2.25. The summed E-state index contributed by atoms with van der Waals surface area (Å²) in [6.45, 7) is 10.0. The molecule has 0 bridgehead atoms. The van der Waals surface area contributed by atoms with Gasteiger partial charge in [-0.25, -0.2) is 14.7 Å². The summed E-state index contributed by atoms with van der Waals surface area (Å²) >= 11 is 0. The topological polar surface area (TPSA) is 126 Å². The van der Waals surface area contributed by atoms with Crippen LogP contribution in [0.5, 0.6) is 0 Å². The molecule has 1 aromatic heterocycles. The van der Waals surface area contributed by atoms with Crippen LogP contribution in [-0.2, 0) is 37.1 Å². The normalized spacial score (nSPS) is 11.6. The van der Waals surface area contributed by atoms with Gasteiger partial charge in [0.2, 0.25) is 0 Å². The molecule has 0 fully saturated rings. The molecule has 2 rings (SSSR count). The quantitative estimate of drug-likeness (QED) is 0.417. The van der Waals surface area contributed by atoms with Crippen LogP contribution in [-0.4, -0.2) is 49.9 Å². The number of ether oxygens (including phenoxy) is 2. The molecule has 0 spiro atoms. The number of esters is 1. The predicted octanol–water partition coefficient (Wildman–Crippen LogP) is 2.40. The maximum absolute atomic E-state index is 13.1. The second-order valence-electron chi connectivity index (χ2n) is 10.1. The summed E-state index contributed by atoms with van der Waals surface area (Å²) in [7, 11) is 0. The number of aromatic nitrogens is 2. The molecule has 0 N–H and O–H groups in total. The Kier molecular flexibility index (Phi) is 8.98. The van der Waals surface area contributed by atoms with E-state index in [1.54, 1.807) is 65.8 Å². The van der Waals surface area contributed by atoms with Crippen molar-refractivity contribution in [3.8, 4) is 0 Å². The fraction of sp³-hybridized carbons (Fsp3) is 0.480. The van der Waals surface area contributed by atoms with E-state index >= 15 is 0 Å². The van der Waals surface area contributed by atoms with Gasteiger partial charge in [0.25, 0.3) is 11.5 Å². The van der Waals surface area contributed by atoms with Crippen molar-refractivity contribution in [2.45, 2.75) is 72.8 Å². The maximum Gasteiger partial charge on any atom is 0.425 e. The van der Waals surface area contributed by atoms with Crippen molar-refractivity contribution in [2.24, 2.45) is 0 Å². The summed E-state index contributed by atoms with van der Waals surface area (Å²) in [5.41, 5.74) is -2.88. The number of rotatable bonds is 7. The van der Waals surface area contributed by atoms with E-state index < -0.39 is 53.5 Å². The van der Waals surface area contributed by atoms with E-state index in [4.69, 9.17) is 14.3 Å². The zero-order chi connectivity index (χ0) is 27.3. The minimum Gasteiger partial charge on any atom is -0.459 e. The first-order valence-corrected chi connectivity index (χ1v) is 11.3. The molecule has 1 heterocycles. The van der Waals surface area contributed by atoms with E-state index in [-0.39, 0.29) is 12.2 Å². The lowest BCUT2D eigenvalue weighted by atomic mass is 10.2. The summed E-state index contributed by atoms with van der Waals surface area (Å²) in [6, 6.07) is 8.96. The van der Waals surface area contributed by atoms with Gasteiger partial charge in [0.1, 0.15) is 30.9 Å². The lowest BCUT2D eigenvalue weighted by Crippen LogP contribution is -2.48. The van der Waals surface area contributed by atoms with Gasteiger partial charge in [-0.3, -0.25) is 23.8 Å². The summed E-state index contributed by atoms with van der Waals surface area (Å²) in [4.78, 5) is 69.1. The number of carbonyl (C=O) groups is 3. The highest BCUT2D eigenvalue weighted by atomic mass is 16.7. The third-order valence-electron chi connectivity index (χ3n) is 4.41. The molecule has 2 aromatic rings. The molecule has 1 amide bonds. The molecule has 0 aliphatic heterocycles. The molecule has 0 aliphatic rings. The molecule has 1 aromatic carbocycles. The Balaban J connectivity index is 2.34.